The first-order valence-corrected chi connectivity index (χ1v) is 10.2. The predicted molar refractivity (Wildman–Crippen MR) is 104 cm³/mol. The topological polar surface area (TPSA) is 72.8 Å². The minimum absolute atomic E-state index is 0.0524. The third-order valence-corrected chi connectivity index (χ3v) is 6.41. The van der Waals surface area contributed by atoms with Crippen LogP contribution >= 0.6 is 0 Å². The van der Waals surface area contributed by atoms with Gasteiger partial charge in [-0.05, 0) is 57.2 Å². The Kier molecular flexibility index (Phi) is 5.07. The van der Waals surface area contributed by atoms with Crippen molar-refractivity contribution in [3.05, 3.63) is 17.3 Å². The number of fused-ring (bicyclic) bond motifs is 1. The molecule has 7 heteroatoms. The molecule has 4 rings (SSSR count). The number of nitrogens with zero attached hydrogens (tertiary/aromatic N) is 5. The van der Waals surface area contributed by atoms with Gasteiger partial charge in [0.2, 0.25) is 5.91 Å². The molecule has 0 spiro atoms. The summed E-state index contributed by atoms with van der Waals surface area (Å²) in [5.41, 5.74) is 1.74. The lowest BCUT2D eigenvalue weighted by Gasteiger charge is -2.48. The van der Waals surface area contributed by atoms with Crippen LogP contribution in [0.4, 0.5) is 5.82 Å². The van der Waals surface area contributed by atoms with Crippen LogP contribution in [0, 0.1) is 0 Å². The van der Waals surface area contributed by atoms with E-state index in [1.165, 1.54) is 24.1 Å². The first kappa shape index (κ1) is 18.6. The molecule has 1 N–H and O–H groups in total. The smallest absolute Gasteiger partial charge is 0.219 e. The van der Waals surface area contributed by atoms with Gasteiger partial charge in [-0.1, -0.05) is 0 Å². The Balaban J connectivity index is 1.32. The first-order valence-electron chi connectivity index (χ1n) is 10.2. The molecule has 2 fully saturated rings. The average Bonchev–Trinajstić information content (AvgIpc) is 2.60. The van der Waals surface area contributed by atoms with Gasteiger partial charge in [0.25, 0.3) is 0 Å². The minimum atomic E-state index is -0.801. The lowest BCUT2D eigenvalue weighted by molar-refractivity contribution is -0.137. The Morgan fingerprint density at radius 1 is 1.30 bits per heavy atom. The van der Waals surface area contributed by atoms with E-state index < -0.39 is 5.60 Å². The summed E-state index contributed by atoms with van der Waals surface area (Å²) in [6, 6.07) is 2.62. The van der Waals surface area contributed by atoms with Gasteiger partial charge in [-0.3, -0.25) is 9.69 Å². The van der Waals surface area contributed by atoms with Crippen molar-refractivity contribution in [2.24, 2.45) is 0 Å². The van der Waals surface area contributed by atoms with Gasteiger partial charge < -0.3 is 14.9 Å². The standard InChI is InChI=1S/C20H31N5O2/c1-15(26)24-9-5-8-20(27,14-24)13-23(2)17-11-25(12-17)19-10-16-6-3-4-7-18(16)21-22-19/h10,17,27H,3-9,11-14H2,1-2H3. The van der Waals surface area contributed by atoms with Gasteiger partial charge in [0.15, 0.2) is 5.82 Å². The fourth-order valence-electron chi connectivity index (χ4n) is 4.66. The van der Waals surface area contributed by atoms with Crippen LogP contribution in [0.5, 0.6) is 0 Å². The van der Waals surface area contributed by atoms with Gasteiger partial charge in [0.1, 0.15) is 0 Å². The zero-order valence-corrected chi connectivity index (χ0v) is 16.5. The molecule has 1 aliphatic carbocycles. The van der Waals surface area contributed by atoms with E-state index in [9.17, 15) is 9.90 Å². The highest BCUT2D eigenvalue weighted by Gasteiger charge is 2.39. The highest BCUT2D eigenvalue weighted by Crippen LogP contribution is 2.28. The lowest BCUT2D eigenvalue weighted by atomic mass is 9.91. The molecule has 0 radical (unpaired) electrons. The van der Waals surface area contributed by atoms with Crippen molar-refractivity contribution in [2.45, 2.75) is 57.1 Å². The number of β-amino-alcohol motifs (C(OH)–C–C–N with tert-alkyl or cyclic N) is 1. The van der Waals surface area contributed by atoms with E-state index >= 15 is 0 Å². The number of likely N-dealkylation sites (tertiary alicyclic amines) is 1. The number of carbonyl (C=O) groups is 1. The monoisotopic (exact) mass is 373 g/mol. The number of hydrogen-bond acceptors (Lipinski definition) is 6. The van der Waals surface area contributed by atoms with Gasteiger partial charge in [-0.25, -0.2) is 0 Å². The zero-order valence-electron chi connectivity index (χ0n) is 16.5. The molecule has 1 aromatic heterocycles. The highest BCUT2D eigenvalue weighted by atomic mass is 16.3. The number of aliphatic hydroxyl groups is 1. The van der Waals surface area contributed by atoms with E-state index in [1.54, 1.807) is 11.8 Å². The Labute approximate surface area is 161 Å². The van der Waals surface area contributed by atoms with Crippen molar-refractivity contribution in [3.63, 3.8) is 0 Å². The number of piperidine rings is 1. The van der Waals surface area contributed by atoms with Crippen LogP contribution in [0.3, 0.4) is 0 Å². The fourth-order valence-corrected chi connectivity index (χ4v) is 4.66. The molecule has 2 saturated heterocycles. The Morgan fingerprint density at radius 2 is 2.07 bits per heavy atom. The van der Waals surface area contributed by atoms with E-state index in [-0.39, 0.29) is 5.91 Å². The molecule has 27 heavy (non-hydrogen) atoms. The summed E-state index contributed by atoms with van der Waals surface area (Å²) >= 11 is 0. The summed E-state index contributed by atoms with van der Waals surface area (Å²) in [4.78, 5) is 17.9. The van der Waals surface area contributed by atoms with Crippen molar-refractivity contribution in [1.29, 1.82) is 0 Å². The molecule has 1 atom stereocenters. The number of anilines is 1. The summed E-state index contributed by atoms with van der Waals surface area (Å²) < 4.78 is 0. The zero-order chi connectivity index (χ0) is 19.0. The Morgan fingerprint density at radius 3 is 2.85 bits per heavy atom. The van der Waals surface area contributed by atoms with Gasteiger partial charge in [0.05, 0.1) is 17.8 Å². The van der Waals surface area contributed by atoms with Crippen molar-refractivity contribution in [3.8, 4) is 0 Å². The number of aryl methyl sites for hydroxylation is 2. The minimum Gasteiger partial charge on any atom is -0.387 e. The van der Waals surface area contributed by atoms with Crippen LogP contribution in [0.2, 0.25) is 0 Å². The quantitative estimate of drug-likeness (QED) is 0.844. The SMILES string of the molecule is CC(=O)N1CCCC(O)(CN(C)C2CN(c3cc4c(nn3)CCCC4)C2)C1. The third-order valence-electron chi connectivity index (χ3n) is 6.41. The molecule has 0 aromatic carbocycles. The second-order valence-corrected chi connectivity index (χ2v) is 8.62. The maximum atomic E-state index is 11.7. The molecule has 7 nitrogen and oxygen atoms in total. The number of rotatable bonds is 4. The van der Waals surface area contributed by atoms with Crippen LogP contribution in [0.25, 0.3) is 0 Å². The Hall–Kier alpha value is -1.73. The number of likely N-dealkylation sites (N-methyl/N-ethyl adjacent to an activating group) is 1. The molecular weight excluding hydrogens is 342 g/mol. The van der Waals surface area contributed by atoms with E-state index in [4.69, 9.17) is 0 Å². The third kappa shape index (κ3) is 3.94. The molecule has 2 aliphatic heterocycles. The summed E-state index contributed by atoms with van der Waals surface area (Å²) in [6.07, 6.45) is 6.28. The molecule has 0 saturated carbocycles. The van der Waals surface area contributed by atoms with E-state index in [2.05, 4.69) is 33.1 Å². The number of amides is 1. The number of aromatic nitrogens is 2. The normalized spacial score (nSPS) is 26.1. The predicted octanol–water partition coefficient (Wildman–Crippen LogP) is 0.849. The first-order chi connectivity index (χ1) is 12.9. The summed E-state index contributed by atoms with van der Waals surface area (Å²) in [7, 11) is 2.07. The van der Waals surface area contributed by atoms with E-state index in [0.29, 0.717) is 19.1 Å². The lowest BCUT2D eigenvalue weighted by Crippen LogP contribution is -2.63. The van der Waals surface area contributed by atoms with Gasteiger partial charge in [-0.2, -0.15) is 5.10 Å². The van der Waals surface area contributed by atoms with Gasteiger partial charge in [-0.15, -0.1) is 5.10 Å². The summed E-state index contributed by atoms with van der Waals surface area (Å²) in [5, 5.41) is 19.8. The van der Waals surface area contributed by atoms with E-state index in [1.807, 2.05) is 0 Å². The van der Waals surface area contributed by atoms with Crippen LogP contribution in [-0.2, 0) is 17.6 Å². The van der Waals surface area contributed by atoms with Crippen LogP contribution in [0.15, 0.2) is 6.07 Å². The van der Waals surface area contributed by atoms with Gasteiger partial charge in [0, 0.05) is 39.1 Å². The van der Waals surface area contributed by atoms with Crippen molar-refractivity contribution in [1.82, 2.24) is 20.0 Å². The maximum absolute atomic E-state index is 11.7. The largest absolute Gasteiger partial charge is 0.387 e. The fraction of sp³-hybridized carbons (Fsp3) is 0.750. The molecular formula is C20H31N5O2. The average molecular weight is 374 g/mol. The highest BCUT2D eigenvalue weighted by molar-refractivity contribution is 5.73. The van der Waals surface area contributed by atoms with Crippen LogP contribution in [0.1, 0.15) is 43.9 Å². The molecule has 148 valence electrons. The van der Waals surface area contributed by atoms with Crippen molar-refractivity contribution in [2.75, 3.05) is 44.7 Å². The molecule has 0 bridgehead atoms. The molecule has 3 aliphatic rings. The number of carbonyl (C=O) groups excluding carboxylic acids is 1. The Bertz CT molecular complexity index is 706. The summed E-state index contributed by atoms with van der Waals surface area (Å²) in [5.74, 6) is 1.04. The number of hydrogen-bond donors (Lipinski definition) is 1. The van der Waals surface area contributed by atoms with Crippen molar-refractivity contribution >= 4 is 11.7 Å². The molecule has 1 aromatic rings. The van der Waals surface area contributed by atoms with Gasteiger partial charge >= 0.3 is 0 Å². The van der Waals surface area contributed by atoms with E-state index in [0.717, 1.165) is 51.1 Å². The van der Waals surface area contributed by atoms with Crippen LogP contribution in [-0.4, -0.2) is 82.4 Å². The molecule has 1 amide bonds. The van der Waals surface area contributed by atoms with Crippen molar-refractivity contribution < 1.29 is 9.90 Å². The molecule has 3 heterocycles. The molecule has 1 unspecified atom stereocenters. The maximum Gasteiger partial charge on any atom is 0.219 e. The second kappa shape index (κ2) is 7.36. The summed E-state index contributed by atoms with van der Waals surface area (Å²) in [6.45, 7) is 5.21. The van der Waals surface area contributed by atoms with Crippen LogP contribution < -0.4 is 4.90 Å². The second-order valence-electron chi connectivity index (χ2n) is 8.62.